The van der Waals surface area contributed by atoms with Gasteiger partial charge in [-0.1, -0.05) is 27.2 Å². The number of carboxylic acids is 2. The van der Waals surface area contributed by atoms with Crippen molar-refractivity contribution in [2.24, 2.45) is 17.8 Å². The lowest BCUT2D eigenvalue weighted by molar-refractivity contribution is -0.404. The van der Waals surface area contributed by atoms with Crippen molar-refractivity contribution in [3.63, 3.8) is 0 Å². The Morgan fingerprint density at radius 1 is 0.546 bits per heavy atom. The van der Waals surface area contributed by atoms with Gasteiger partial charge in [0.2, 0.25) is 29.5 Å². The summed E-state index contributed by atoms with van der Waals surface area (Å²) in [5.74, 6) is -16.0. The summed E-state index contributed by atoms with van der Waals surface area (Å²) in [6.07, 6.45) is -58.8. The minimum absolute atomic E-state index is 0.00190. The number of ether oxygens (including phenoxy) is 14. The molecule has 0 aliphatic carbocycles. The van der Waals surface area contributed by atoms with E-state index in [1.54, 1.807) is 7.05 Å². The summed E-state index contributed by atoms with van der Waals surface area (Å²) in [4.78, 5) is 91.7. The number of nitrogens with zero attached hydrogens (tertiary/aromatic N) is 1. The smallest absolute Gasteiger partial charge is 0.364 e. The lowest BCUT2D eigenvalue weighted by atomic mass is 9.84. The van der Waals surface area contributed by atoms with Gasteiger partial charge in [-0.15, -0.1) is 11.8 Å². The van der Waals surface area contributed by atoms with Gasteiger partial charge in [-0.25, -0.2) is 9.59 Å². The molecular weight excluding hydrogens is 1620 g/mol. The van der Waals surface area contributed by atoms with Crippen LogP contribution in [0.15, 0.2) is 0 Å². The first-order chi connectivity index (χ1) is 56.4. The van der Waals surface area contributed by atoms with Crippen LogP contribution in [0.1, 0.15) is 105 Å². The number of aliphatic carboxylic acids is 2. The van der Waals surface area contributed by atoms with Gasteiger partial charge in [-0.3, -0.25) is 28.9 Å². The van der Waals surface area contributed by atoms with E-state index in [0.717, 1.165) is 6.92 Å². The summed E-state index contributed by atoms with van der Waals surface area (Å²) in [5, 5.41) is 241. The Morgan fingerprint density at radius 3 is 1.67 bits per heavy atom. The molecule has 0 aromatic rings. The normalized spacial score (nSPS) is 40.7. The Kier molecular flexibility index (Phi) is 38.3. The third kappa shape index (κ3) is 24.4. The number of hydrogen-bond donors (Lipinski definition) is 24. The molecule has 0 aromatic heterocycles. The molecule has 47 heteroatoms. The van der Waals surface area contributed by atoms with E-state index in [-0.39, 0.29) is 61.9 Å². The Bertz CT molecular complexity index is 3220. The number of aliphatic hydroxyl groups is 19. The van der Waals surface area contributed by atoms with Crippen LogP contribution in [-0.2, 0) is 99.9 Å². The van der Waals surface area contributed by atoms with Crippen molar-refractivity contribution < 1.29 is 207 Å². The summed E-state index contributed by atoms with van der Waals surface area (Å²) in [6.45, 7) is -2.40. The van der Waals surface area contributed by atoms with Gasteiger partial charge in [0.05, 0.1) is 88.1 Å². The van der Waals surface area contributed by atoms with E-state index in [1.807, 2.05) is 0 Å². The second kappa shape index (κ2) is 45.6. The molecule has 0 radical (unpaired) electrons. The van der Waals surface area contributed by atoms with E-state index in [4.69, 9.17) is 66.3 Å². The van der Waals surface area contributed by atoms with Crippen LogP contribution < -0.4 is 16.0 Å². The molecule has 8 saturated heterocycles. The highest BCUT2D eigenvalue weighted by atomic mass is 32.2. The molecule has 119 heavy (non-hydrogen) atoms. The van der Waals surface area contributed by atoms with Crippen molar-refractivity contribution in [2.75, 3.05) is 78.7 Å². The Balaban J connectivity index is 1.01. The van der Waals surface area contributed by atoms with Crippen LogP contribution in [0.5, 0.6) is 0 Å². The third-order valence-electron chi connectivity index (χ3n) is 22.7. The number of nitrogens with one attached hydrogen (secondary N) is 3. The Hall–Kier alpha value is -4.48. The molecule has 8 aliphatic heterocycles. The topological polar surface area (TPSA) is 713 Å². The Labute approximate surface area is 687 Å². The number of carbonyl (C=O) groups is 7. The van der Waals surface area contributed by atoms with Crippen LogP contribution in [0.2, 0.25) is 0 Å². The minimum Gasteiger partial charge on any atom is -0.477 e. The van der Waals surface area contributed by atoms with Gasteiger partial charge in [0.1, 0.15) is 122 Å². The Morgan fingerprint density at radius 2 is 1.08 bits per heavy atom. The second-order valence-corrected chi connectivity index (χ2v) is 32.4. The summed E-state index contributed by atoms with van der Waals surface area (Å²) in [5.41, 5.74) is 0. The van der Waals surface area contributed by atoms with Crippen molar-refractivity contribution in [3.05, 3.63) is 0 Å². The molecule has 686 valence electrons. The van der Waals surface area contributed by atoms with Gasteiger partial charge < -0.3 is 190 Å². The second-order valence-electron chi connectivity index (χ2n) is 31.1. The molecule has 8 fully saturated rings. The maximum absolute atomic E-state index is 13.8. The highest BCUT2D eigenvalue weighted by Gasteiger charge is 2.63. The zero-order chi connectivity index (χ0) is 87.8. The van der Waals surface area contributed by atoms with E-state index in [1.165, 1.54) is 37.4 Å². The predicted molar refractivity (Wildman–Crippen MR) is 391 cm³/mol. The van der Waals surface area contributed by atoms with Gasteiger partial charge in [0, 0.05) is 95.7 Å². The van der Waals surface area contributed by atoms with Crippen LogP contribution in [0.25, 0.3) is 0 Å². The quantitative estimate of drug-likeness (QED) is 0.0199. The highest BCUT2D eigenvalue weighted by molar-refractivity contribution is 8.00. The van der Waals surface area contributed by atoms with Gasteiger partial charge >= 0.3 is 11.9 Å². The van der Waals surface area contributed by atoms with Crippen molar-refractivity contribution in [2.45, 2.75) is 312 Å². The molecule has 0 spiro atoms. The molecule has 14 unspecified atom stereocenters. The minimum atomic E-state index is -3.29. The number of amides is 5. The summed E-state index contributed by atoms with van der Waals surface area (Å²) in [6, 6.07) is -2.14. The zero-order valence-electron chi connectivity index (χ0n) is 66.3. The first-order valence-corrected chi connectivity index (χ1v) is 40.8. The summed E-state index contributed by atoms with van der Waals surface area (Å²) in [7, 11) is 1.54. The number of carbonyl (C=O) groups excluding carboxylic acids is 5. The fourth-order valence-corrected chi connectivity index (χ4v) is 16.5. The van der Waals surface area contributed by atoms with Gasteiger partial charge in [-0.05, 0) is 32.1 Å². The molecule has 37 atom stereocenters. The third-order valence-corrected chi connectivity index (χ3v) is 23.9. The lowest BCUT2D eigenvalue weighted by Crippen LogP contribution is -2.71. The number of hydrogen-bond acceptors (Lipinski definition) is 41. The molecule has 8 rings (SSSR count). The molecule has 0 saturated carbocycles. The number of likely N-dealkylation sites (tertiary alicyclic amines) is 1. The average molecular weight is 1750 g/mol. The summed E-state index contributed by atoms with van der Waals surface area (Å²) < 4.78 is 84.7. The number of thioether (sulfide) groups is 1. The van der Waals surface area contributed by atoms with Crippen molar-refractivity contribution >= 4 is 53.2 Å². The number of carboxylic acid groups (broad SMARTS) is 2. The molecular formula is C72H120N4O42S. The van der Waals surface area contributed by atoms with E-state index in [2.05, 4.69) is 16.0 Å². The van der Waals surface area contributed by atoms with Crippen LogP contribution in [0.3, 0.4) is 0 Å². The maximum Gasteiger partial charge on any atom is 0.364 e. The monoisotopic (exact) mass is 1740 g/mol. The fraction of sp³-hybridized carbons (Fsp3) is 0.903. The van der Waals surface area contributed by atoms with Gasteiger partial charge in [0.15, 0.2) is 31.5 Å². The molecule has 24 N–H and O–H groups in total. The lowest BCUT2D eigenvalue weighted by Gasteiger charge is -2.53. The highest BCUT2D eigenvalue weighted by Crippen LogP contribution is 2.44. The molecule has 0 aromatic carbocycles. The maximum atomic E-state index is 13.8. The average Bonchev–Trinajstić information content (AvgIpc) is 0.961. The van der Waals surface area contributed by atoms with Gasteiger partial charge in [-0.2, -0.15) is 0 Å². The number of imide groups is 1. The molecule has 46 nitrogen and oxygen atoms in total. The van der Waals surface area contributed by atoms with E-state index in [0.29, 0.717) is 44.9 Å². The molecule has 0 bridgehead atoms. The van der Waals surface area contributed by atoms with Crippen molar-refractivity contribution in [1.29, 1.82) is 0 Å². The number of aliphatic hydroxyl groups excluding tert-OH is 19. The number of rotatable bonds is 43. The molecule has 8 heterocycles. The van der Waals surface area contributed by atoms with Crippen LogP contribution >= 0.6 is 11.8 Å². The first kappa shape index (κ1) is 99.9. The van der Waals surface area contributed by atoms with Crippen molar-refractivity contribution in [1.82, 2.24) is 20.9 Å². The van der Waals surface area contributed by atoms with E-state index >= 15 is 0 Å². The van der Waals surface area contributed by atoms with Crippen LogP contribution in [-0.4, -0.2) is 439 Å². The molecule has 8 aliphatic rings. The van der Waals surface area contributed by atoms with E-state index in [9.17, 15) is 141 Å². The molecule has 5 amide bonds. The van der Waals surface area contributed by atoms with Crippen LogP contribution in [0, 0.1) is 17.8 Å². The zero-order valence-corrected chi connectivity index (χ0v) is 67.1. The van der Waals surface area contributed by atoms with E-state index < -0.39 is 308 Å². The number of unbranched alkanes of at least 4 members (excludes halogenated alkanes) is 4. The van der Waals surface area contributed by atoms with Crippen molar-refractivity contribution in [3.8, 4) is 0 Å². The first-order valence-electron chi connectivity index (χ1n) is 39.7. The predicted octanol–water partition coefficient (Wildman–Crippen LogP) is -11.0. The fourth-order valence-electron chi connectivity index (χ4n) is 15.4. The SMILES string of the molecule is CNC(=O)CCCCCN1C(=O)CC(SCCC(=O)NCCCCCO[C@@H]2OC(CO)[C@@H](O[C@@H]3OC(CO)[C@H](O)[C@H](O[C@@H]4OC(CO[C@]5(C(=O)O)C[C@@H](O)[C@@H](C)C([C@H](O)[C@H](O)CO)O5)[C@@H](O)[C@H](O[C@@H]5OC(CO)[C@H](O[C@@H]6OC(CO)[C@H](O)[C@H](O)C6C)[C@H](O[C@@]6(C(=O)O)CC(O)[C@H](C)C([C@H](O)[C@H](O)CO)O6)C5O)C4NC(C)=O)C3O)CC2O)C1=O. The van der Waals surface area contributed by atoms with Crippen LogP contribution in [0.4, 0.5) is 0 Å². The van der Waals surface area contributed by atoms with Gasteiger partial charge in [0.25, 0.3) is 11.6 Å². The standard InChI is InChI=1S/C72H120N4O42S/c1-29-34(85)20-71(69(101)102,116-57(29)50(93)36(87)22-77)106-28-43-54(97)60(114-68-56(99)62(59(42(27-82)111-68)113-64-31(3)49(92)52(95)40(25-80)109-64)118-72(70(103)104)21-35(86)30(2)58(117-72)51(94)37(88)23-78)48(75-32(4)83)66(112-43)115-61-53(96)41(26-81)110-67(55(61)98)107-38-18-33(84)65(108-39(38)24-79)105-16-11-7-9-14-74-46(90)13-17-119-44-19-47(91)76(63(44)100)15-10-6-8-12-45(89)73-5/h29-31,33-44,48-62,64-68,77-82,84-88,92-99H,6-28H2,1-5H3,(H,73,89)(H,74,90)(H,75,83)(H,101,102)(H,103,104)/t29-,30+,31?,33?,34-,35?,36-,37-,38+,39?,40?,41?,42?,43?,44?,48?,49-,50-,51-,52+,53+,54-,55?,56?,57?,58?,59+,60-,61+,62-,64+,65-,66+,67-,68+,71-,72-/m1/s1. The summed E-state index contributed by atoms with van der Waals surface area (Å²) >= 11 is 1.22. The largest absolute Gasteiger partial charge is 0.477 e.